The zero-order valence-corrected chi connectivity index (χ0v) is 13.0. The van der Waals surface area contributed by atoms with Gasteiger partial charge in [0.15, 0.2) is 0 Å². The fourth-order valence-corrected chi connectivity index (χ4v) is 2.53. The van der Waals surface area contributed by atoms with Crippen LogP contribution in [0.3, 0.4) is 0 Å². The van der Waals surface area contributed by atoms with Gasteiger partial charge < -0.3 is 19.7 Å². The molecule has 1 N–H and O–H groups in total. The number of carbonyl (C=O) groups excluding carboxylic acids is 2. The summed E-state index contributed by atoms with van der Waals surface area (Å²) in [5.74, 6) is 0.896. The summed E-state index contributed by atoms with van der Waals surface area (Å²) in [6, 6.07) is 7.60. The SMILES string of the molecule is COC(=O)NC1CCN(C(=O)Cc2ccc(OC)cc2)CC1. The minimum absolute atomic E-state index is 0.0810. The van der Waals surface area contributed by atoms with E-state index in [9.17, 15) is 9.59 Å². The van der Waals surface area contributed by atoms with Gasteiger partial charge in [-0.15, -0.1) is 0 Å². The van der Waals surface area contributed by atoms with Gasteiger partial charge in [0.2, 0.25) is 5.91 Å². The highest BCUT2D eigenvalue weighted by molar-refractivity contribution is 5.79. The normalized spacial score (nSPS) is 15.3. The number of hydrogen-bond acceptors (Lipinski definition) is 4. The maximum absolute atomic E-state index is 12.3. The minimum Gasteiger partial charge on any atom is -0.497 e. The first-order valence-corrected chi connectivity index (χ1v) is 7.37. The molecule has 0 spiro atoms. The Morgan fingerprint density at radius 3 is 2.36 bits per heavy atom. The quantitative estimate of drug-likeness (QED) is 0.917. The van der Waals surface area contributed by atoms with Crippen LogP contribution < -0.4 is 10.1 Å². The predicted octanol–water partition coefficient (Wildman–Crippen LogP) is 1.58. The molecule has 2 rings (SSSR count). The molecule has 1 heterocycles. The van der Waals surface area contributed by atoms with E-state index in [-0.39, 0.29) is 11.9 Å². The van der Waals surface area contributed by atoms with E-state index < -0.39 is 6.09 Å². The van der Waals surface area contributed by atoms with E-state index in [0.717, 1.165) is 24.2 Å². The fraction of sp³-hybridized carbons (Fsp3) is 0.500. The average Bonchev–Trinajstić information content (AvgIpc) is 2.56. The first-order valence-electron chi connectivity index (χ1n) is 7.37. The van der Waals surface area contributed by atoms with Crippen molar-refractivity contribution in [3.8, 4) is 5.75 Å². The van der Waals surface area contributed by atoms with Crippen molar-refractivity contribution in [2.45, 2.75) is 25.3 Å². The number of carbonyl (C=O) groups is 2. The van der Waals surface area contributed by atoms with Crippen molar-refractivity contribution in [1.29, 1.82) is 0 Å². The molecule has 1 aliphatic rings. The lowest BCUT2D eigenvalue weighted by Crippen LogP contribution is -2.46. The van der Waals surface area contributed by atoms with Crippen LogP contribution >= 0.6 is 0 Å². The number of methoxy groups -OCH3 is 2. The molecule has 0 aliphatic carbocycles. The first-order chi connectivity index (χ1) is 10.6. The third kappa shape index (κ3) is 4.38. The molecule has 6 heteroatoms. The molecule has 22 heavy (non-hydrogen) atoms. The van der Waals surface area contributed by atoms with E-state index in [2.05, 4.69) is 10.1 Å². The standard InChI is InChI=1S/C16H22N2O4/c1-21-14-5-3-12(4-6-14)11-15(19)18-9-7-13(8-10-18)17-16(20)22-2/h3-6,13H,7-11H2,1-2H3,(H,17,20). The van der Waals surface area contributed by atoms with Gasteiger partial charge in [-0.05, 0) is 30.5 Å². The topological polar surface area (TPSA) is 67.9 Å². The van der Waals surface area contributed by atoms with Crippen molar-refractivity contribution >= 4 is 12.0 Å². The lowest BCUT2D eigenvalue weighted by atomic mass is 10.0. The van der Waals surface area contributed by atoms with Gasteiger partial charge >= 0.3 is 6.09 Å². The van der Waals surface area contributed by atoms with Gasteiger partial charge in [-0.1, -0.05) is 12.1 Å². The summed E-state index contributed by atoms with van der Waals surface area (Å²) in [5, 5.41) is 2.78. The summed E-state index contributed by atoms with van der Waals surface area (Å²) in [4.78, 5) is 25.3. The van der Waals surface area contributed by atoms with Gasteiger partial charge in [-0.3, -0.25) is 4.79 Å². The summed E-state index contributed by atoms with van der Waals surface area (Å²) in [7, 11) is 2.97. The Bertz CT molecular complexity index is 507. The smallest absolute Gasteiger partial charge is 0.407 e. The van der Waals surface area contributed by atoms with Gasteiger partial charge in [0, 0.05) is 19.1 Å². The summed E-state index contributed by atoms with van der Waals surface area (Å²) in [6.07, 6.45) is 1.48. The molecule has 1 aliphatic heterocycles. The van der Waals surface area contributed by atoms with Gasteiger partial charge in [0.05, 0.1) is 20.6 Å². The molecule has 0 unspecified atom stereocenters. The van der Waals surface area contributed by atoms with E-state index >= 15 is 0 Å². The van der Waals surface area contributed by atoms with Crippen LogP contribution in [0, 0.1) is 0 Å². The van der Waals surface area contributed by atoms with E-state index in [1.807, 2.05) is 29.2 Å². The largest absolute Gasteiger partial charge is 0.497 e. The number of rotatable bonds is 4. The van der Waals surface area contributed by atoms with Crippen LogP contribution in [-0.4, -0.2) is 50.3 Å². The van der Waals surface area contributed by atoms with Crippen LogP contribution in [0.25, 0.3) is 0 Å². The Kier molecular flexibility index (Phi) is 5.63. The highest BCUT2D eigenvalue weighted by Crippen LogP contribution is 2.15. The maximum atomic E-state index is 12.3. The van der Waals surface area contributed by atoms with E-state index in [4.69, 9.17) is 4.74 Å². The van der Waals surface area contributed by atoms with Gasteiger partial charge in [-0.25, -0.2) is 4.79 Å². The van der Waals surface area contributed by atoms with Crippen molar-refractivity contribution in [3.05, 3.63) is 29.8 Å². The van der Waals surface area contributed by atoms with E-state index in [1.54, 1.807) is 7.11 Å². The van der Waals surface area contributed by atoms with Crippen LogP contribution in [0.15, 0.2) is 24.3 Å². The van der Waals surface area contributed by atoms with Gasteiger partial charge in [0.1, 0.15) is 5.75 Å². The second-order valence-corrected chi connectivity index (χ2v) is 5.32. The lowest BCUT2D eigenvalue weighted by molar-refractivity contribution is -0.131. The van der Waals surface area contributed by atoms with Crippen molar-refractivity contribution in [1.82, 2.24) is 10.2 Å². The summed E-state index contributed by atoms with van der Waals surface area (Å²) >= 11 is 0. The number of likely N-dealkylation sites (tertiary alicyclic amines) is 1. The molecular formula is C16H22N2O4. The van der Waals surface area contributed by atoms with Crippen LogP contribution in [-0.2, 0) is 16.0 Å². The summed E-state index contributed by atoms with van der Waals surface area (Å²) in [6.45, 7) is 1.31. The molecule has 0 bridgehead atoms. The average molecular weight is 306 g/mol. The molecule has 1 aromatic rings. The Labute approximate surface area is 130 Å². The first kappa shape index (κ1) is 16.1. The van der Waals surface area contributed by atoms with Gasteiger partial charge in [-0.2, -0.15) is 0 Å². The fourth-order valence-electron chi connectivity index (χ4n) is 2.53. The predicted molar refractivity (Wildman–Crippen MR) is 81.8 cm³/mol. The van der Waals surface area contributed by atoms with Crippen molar-refractivity contribution in [2.24, 2.45) is 0 Å². The van der Waals surface area contributed by atoms with Crippen molar-refractivity contribution < 1.29 is 19.1 Å². The Balaban J connectivity index is 1.80. The molecule has 2 amide bonds. The highest BCUT2D eigenvalue weighted by atomic mass is 16.5. The van der Waals surface area contributed by atoms with Crippen LogP contribution in [0.1, 0.15) is 18.4 Å². The maximum Gasteiger partial charge on any atom is 0.407 e. The second kappa shape index (κ2) is 7.68. The Morgan fingerprint density at radius 1 is 1.18 bits per heavy atom. The van der Waals surface area contributed by atoms with Gasteiger partial charge in [0.25, 0.3) is 0 Å². The van der Waals surface area contributed by atoms with E-state index in [0.29, 0.717) is 19.5 Å². The number of benzene rings is 1. The second-order valence-electron chi connectivity index (χ2n) is 5.32. The zero-order chi connectivity index (χ0) is 15.9. The number of alkyl carbamates (subject to hydrolysis) is 1. The molecule has 0 atom stereocenters. The third-order valence-corrected chi connectivity index (χ3v) is 3.87. The minimum atomic E-state index is -0.414. The number of nitrogens with zero attached hydrogens (tertiary/aromatic N) is 1. The third-order valence-electron chi connectivity index (χ3n) is 3.87. The molecule has 1 aromatic carbocycles. The summed E-state index contributed by atoms with van der Waals surface area (Å²) in [5.41, 5.74) is 0.973. The Hall–Kier alpha value is -2.24. The van der Waals surface area contributed by atoms with Crippen LogP contribution in [0.4, 0.5) is 4.79 Å². The van der Waals surface area contributed by atoms with Crippen LogP contribution in [0.5, 0.6) is 5.75 Å². The molecule has 0 aromatic heterocycles. The number of amides is 2. The Morgan fingerprint density at radius 2 is 1.82 bits per heavy atom. The van der Waals surface area contributed by atoms with E-state index in [1.165, 1.54) is 7.11 Å². The van der Waals surface area contributed by atoms with Crippen LogP contribution in [0.2, 0.25) is 0 Å². The molecule has 6 nitrogen and oxygen atoms in total. The number of nitrogens with one attached hydrogen (secondary N) is 1. The summed E-state index contributed by atoms with van der Waals surface area (Å²) < 4.78 is 9.69. The number of hydrogen-bond donors (Lipinski definition) is 1. The number of piperidine rings is 1. The monoisotopic (exact) mass is 306 g/mol. The number of ether oxygens (including phenoxy) is 2. The highest BCUT2D eigenvalue weighted by Gasteiger charge is 2.23. The van der Waals surface area contributed by atoms with Crippen molar-refractivity contribution in [2.75, 3.05) is 27.3 Å². The molecule has 0 radical (unpaired) electrons. The molecule has 0 saturated carbocycles. The molecule has 1 saturated heterocycles. The molecule has 120 valence electrons. The molecule has 1 fully saturated rings. The lowest BCUT2D eigenvalue weighted by Gasteiger charge is -2.32. The zero-order valence-electron chi connectivity index (χ0n) is 13.0. The molecular weight excluding hydrogens is 284 g/mol. The van der Waals surface area contributed by atoms with Crippen molar-refractivity contribution in [3.63, 3.8) is 0 Å².